The van der Waals surface area contributed by atoms with Crippen LogP contribution in [0.25, 0.3) is 10.2 Å². The lowest BCUT2D eigenvalue weighted by Gasteiger charge is -2.20. The molecule has 2 aromatic carbocycles. The Morgan fingerprint density at radius 1 is 1.12 bits per heavy atom. The number of nitrogens with zero attached hydrogens (tertiary/aromatic N) is 2. The molecular weight excluding hydrogens is 328 g/mol. The van der Waals surface area contributed by atoms with Gasteiger partial charge in [-0.05, 0) is 61.6 Å². The first kappa shape index (κ1) is 16.6. The predicted molar refractivity (Wildman–Crippen MR) is 105 cm³/mol. The summed E-state index contributed by atoms with van der Waals surface area (Å²) < 4.78 is 7.08. The van der Waals surface area contributed by atoms with Crippen LogP contribution in [0.15, 0.2) is 48.5 Å². The number of benzene rings is 2. The van der Waals surface area contributed by atoms with Gasteiger partial charge >= 0.3 is 0 Å². The van der Waals surface area contributed by atoms with Crippen molar-refractivity contribution in [2.75, 3.05) is 19.6 Å². The molecule has 0 atom stereocenters. The van der Waals surface area contributed by atoms with Crippen molar-refractivity contribution in [3.05, 3.63) is 54.1 Å². The van der Waals surface area contributed by atoms with Crippen LogP contribution < -0.4 is 4.74 Å². The van der Waals surface area contributed by atoms with Gasteiger partial charge in [-0.3, -0.25) is 0 Å². The van der Waals surface area contributed by atoms with Crippen molar-refractivity contribution in [2.45, 2.75) is 26.2 Å². The Hall–Kier alpha value is -1.91. The van der Waals surface area contributed by atoms with E-state index >= 15 is 0 Å². The summed E-state index contributed by atoms with van der Waals surface area (Å²) in [7, 11) is 0. The molecule has 0 unspecified atom stereocenters. The van der Waals surface area contributed by atoms with Gasteiger partial charge < -0.3 is 9.64 Å². The van der Waals surface area contributed by atoms with E-state index in [1.54, 1.807) is 11.3 Å². The first-order valence-corrected chi connectivity index (χ1v) is 9.96. The molecule has 0 amide bonds. The van der Waals surface area contributed by atoms with Gasteiger partial charge in [0.05, 0.1) is 10.2 Å². The fraction of sp³-hybridized carbons (Fsp3) is 0.381. The minimum absolute atomic E-state index is 0.704. The summed E-state index contributed by atoms with van der Waals surface area (Å²) in [6, 6.07) is 16.6. The fourth-order valence-corrected chi connectivity index (χ4v) is 3.89. The quantitative estimate of drug-likeness (QED) is 0.545. The molecular formula is C21H24N2OS. The minimum Gasteiger partial charge on any atom is -0.431 e. The maximum atomic E-state index is 5.92. The lowest BCUT2D eigenvalue weighted by atomic mass is 10.1. The third kappa shape index (κ3) is 4.39. The predicted octanol–water partition coefficient (Wildman–Crippen LogP) is 5.36. The van der Waals surface area contributed by atoms with Gasteiger partial charge in [-0.25, -0.2) is 4.98 Å². The first-order chi connectivity index (χ1) is 12.3. The van der Waals surface area contributed by atoms with Crippen molar-refractivity contribution >= 4 is 21.6 Å². The third-order valence-corrected chi connectivity index (χ3v) is 5.69. The molecule has 0 N–H and O–H groups in total. The fourth-order valence-electron chi connectivity index (χ4n) is 3.05. The summed E-state index contributed by atoms with van der Waals surface area (Å²) >= 11 is 1.59. The van der Waals surface area contributed by atoms with Gasteiger partial charge in [0.1, 0.15) is 5.75 Å². The monoisotopic (exact) mass is 352 g/mol. The molecule has 0 saturated heterocycles. The Morgan fingerprint density at radius 3 is 2.64 bits per heavy atom. The molecule has 0 spiro atoms. The van der Waals surface area contributed by atoms with Crippen molar-refractivity contribution in [1.29, 1.82) is 0 Å². The molecule has 0 bridgehead atoms. The SMILES string of the molecule is CCN(CCc1ccc(Oc2nc3ccccc3s2)cc1)CC1CC1. The van der Waals surface area contributed by atoms with E-state index in [4.69, 9.17) is 4.74 Å². The Bertz CT molecular complexity index is 790. The summed E-state index contributed by atoms with van der Waals surface area (Å²) in [6.07, 6.45) is 3.95. The van der Waals surface area contributed by atoms with Crippen LogP contribution in [0.4, 0.5) is 0 Å². The zero-order chi connectivity index (χ0) is 17.1. The number of ether oxygens (including phenoxy) is 1. The molecule has 1 heterocycles. The molecule has 3 aromatic rings. The van der Waals surface area contributed by atoms with Crippen LogP contribution in [0.1, 0.15) is 25.3 Å². The van der Waals surface area contributed by atoms with Crippen LogP contribution in [0, 0.1) is 5.92 Å². The average molecular weight is 353 g/mol. The molecule has 4 rings (SSSR count). The number of hydrogen-bond acceptors (Lipinski definition) is 4. The lowest BCUT2D eigenvalue weighted by Crippen LogP contribution is -2.28. The second-order valence-electron chi connectivity index (χ2n) is 6.78. The number of thiazole rings is 1. The van der Waals surface area contributed by atoms with E-state index in [1.807, 2.05) is 18.2 Å². The molecule has 1 fully saturated rings. The second-order valence-corrected chi connectivity index (χ2v) is 7.77. The molecule has 25 heavy (non-hydrogen) atoms. The minimum atomic E-state index is 0.704. The summed E-state index contributed by atoms with van der Waals surface area (Å²) in [6.45, 7) is 5.83. The van der Waals surface area contributed by atoms with Gasteiger partial charge in [0.25, 0.3) is 5.19 Å². The highest BCUT2D eigenvalue weighted by Gasteiger charge is 2.23. The summed E-state index contributed by atoms with van der Waals surface area (Å²) in [5.41, 5.74) is 2.36. The van der Waals surface area contributed by atoms with E-state index in [2.05, 4.69) is 47.1 Å². The Kier molecular flexibility index (Phi) is 4.99. The van der Waals surface area contributed by atoms with Crippen molar-refractivity contribution in [3.8, 4) is 10.9 Å². The normalized spacial score (nSPS) is 14.3. The average Bonchev–Trinajstić information content (AvgIpc) is 3.36. The molecule has 4 heteroatoms. The molecule has 1 saturated carbocycles. The van der Waals surface area contributed by atoms with Gasteiger partial charge in [-0.2, -0.15) is 0 Å². The van der Waals surface area contributed by atoms with Crippen molar-refractivity contribution in [2.24, 2.45) is 5.92 Å². The van der Waals surface area contributed by atoms with Gasteiger partial charge in [-0.15, -0.1) is 0 Å². The summed E-state index contributed by atoms with van der Waals surface area (Å²) in [5, 5.41) is 0.704. The number of hydrogen-bond donors (Lipinski definition) is 0. The Labute approximate surface area is 153 Å². The van der Waals surface area contributed by atoms with Crippen molar-refractivity contribution < 1.29 is 4.74 Å². The third-order valence-electron chi connectivity index (χ3n) is 4.78. The van der Waals surface area contributed by atoms with Crippen LogP contribution >= 0.6 is 11.3 Å². The highest BCUT2D eigenvalue weighted by Crippen LogP contribution is 2.31. The maximum Gasteiger partial charge on any atom is 0.279 e. The standard InChI is InChI=1S/C21H24N2OS/c1-2-23(15-17-7-8-17)14-13-16-9-11-18(12-10-16)24-21-22-19-5-3-4-6-20(19)25-21/h3-6,9-12,17H,2,7-8,13-15H2,1H3. The van der Waals surface area contributed by atoms with Gasteiger partial charge in [0.2, 0.25) is 0 Å². The van der Waals surface area contributed by atoms with E-state index in [0.29, 0.717) is 5.19 Å². The van der Waals surface area contributed by atoms with E-state index in [-0.39, 0.29) is 0 Å². The van der Waals surface area contributed by atoms with Crippen LogP contribution in [-0.2, 0) is 6.42 Å². The molecule has 1 aromatic heterocycles. The largest absolute Gasteiger partial charge is 0.431 e. The van der Waals surface area contributed by atoms with Gasteiger partial charge in [0, 0.05) is 13.1 Å². The first-order valence-electron chi connectivity index (χ1n) is 9.15. The zero-order valence-electron chi connectivity index (χ0n) is 14.6. The Morgan fingerprint density at radius 2 is 1.92 bits per heavy atom. The highest BCUT2D eigenvalue weighted by atomic mass is 32.1. The maximum absolute atomic E-state index is 5.92. The van der Waals surface area contributed by atoms with Crippen LogP contribution in [0.2, 0.25) is 0 Å². The molecule has 1 aliphatic rings. The molecule has 3 nitrogen and oxygen atoms in total. The number of aromatic nitrogens is 1. The molecule has 0 radical (unpaired) electrons. The van der Waals surface area contributed by atoms with Gasteiger partial charge in [-0.1, -0.05) is 42.5 Å². The zero-order valence-corrected chi connectivity index (χ0v) is 15.5. The van der Waals surface area contributed by atoms with E-state index in [0.717, 1.165) is 41.4 Å². The van der Waals surface area contributed by atoms with Crippen LogP contribution in [-0.4, -0.2) is 29.5 Å². The topological polar surface area (TPSA) is 25.4 Å². The number of rotatable bonds is 8. The smallest absolute Gasteiger partial charge is 0.279 e. The van der Waals surface area contributed by atoms with Crippen molar-refractivity contribution in [1.82, 2.24) is 9.88 Å². The van der Waals surface area contributed by atoms with E-state index in [1.165, 1.54) is 24.9 Å². The summed E-state index contributed by atoms with van der Waals surface area (Å²) in [4.78, 5) is 7.10. The van der Waals surface area contributed by atoms with Crippen LogP contribution in [0.5, 0.6) is 10.9 Å². The molecule has 0 aliphatic heterocycles. The Balaban J connectivity index is 1.34. The lowest BCUT2D eigenvalue weighted by molar-refractivity contribution is 0.280. The molecule has 1 aliphatic carbocycles. The number of likely N-dealkylation sites (N-methyl/N-ethyl adjacent to an activating group) is 1. The van der Waals surface area contributed by atoms with Crippen molar-refractivity contribution in [3.63, 3.8) is 0 Å². The highest BCUT2D eigenvalue weighted by molar-refractivity contribution is 7.20. The van der Waals surface area contributed by atoms with Gasteiger partial charge in [0.15, 0.2) is 0 Å². The van der Waals surface area contributed by atoms with Crippen LogP contribution in [0.3, 0.4) is 0 Å². The number of fused-ring (bicyclic) bond motifs is 1. The van der Waals surface area contributed by atoms with E-state index in [9.17, 15) is 0 Å². The number of para-hydroxylation sites is 1. The summed E-state index contributed by atoms with van der Waals surface area (Å²) in [5.74, 6) is 1.82. The molecule has 130 valence electrons. The van der Waals surface area contributed by atoms with E-state index < -0.39 is 0 Å². The second kappa shape index (κ2) is 7.54.